The molecule has 0 saturated heterocycles. The molecule has 0 bridgehead atoms. The molecule has 0 radical (unpaired) electrons. The number of aliphatic hydroxyl groups excluding tert-OH is 2. The van der Waals surface area contributed by atoms with Crippen molar-refractivity contribution in [2.24, 2.45) is 0 Å². The summed E-state index contributed by atoms with van der Waals surface area (Å²) in [6.07, 6.45) is -3.76. The van der Waals surface area contributed by atoms with E-state index >= 15 is 0 Å². The van der Waals surface area contributed by atoms with Crippen molar-refractivity contribution in [1.29, 1.82) is 0 Å². The van der Waals surface area contributed by atoms with Crippen LogP contribution in [0.5, 0.6) is 0 Å². The molecule has 0 aromatic heterocycles. The van der Waals surface area contributed by atoms with Crippen LogP contribution in [-0.4, -0.2) is 93.5 Å². The van der Waals surface area contributed by atoms with Gasteiger partial charge in [-0.2, -0.15) is 0 Å². The third kappa shape index (κ3) is 15.6. The molecular weight excluding hydrogens is 680 g/mol. The Balaban J connectivity index is 1.90. The Labute approximate surface area is 310 Å². The zero-order valence-electron chi connectivity index (χ0n) is 30.7. The number of carboxylic acids is 1. The highest BCUT2D eigenvalue weighted by atomic mass is 16.5. The van der Waals surface area contributed by atoms with Gasteiger partial charge in [0.05, 0.1) is 17.7 Å². The van der Waals surface area contributed by atoms with E-state index < -0.39 is 78.0 Å². The van der Waals surface area contributed by atoms with E-state index in [9.17, 15) is 39.3 Å². The third-order valence-corrected chi connectivity index (χ3v) is 8.34. The summed E-state index contributed by atoms with van der Waals surface area (Å²) in [5.74, 6) is -3.72. The fraction of sp³-hybridized carbons (Fsp3) is 0.425. The number of ether oxygens (including phenoxy) is 1. The second-order valence-electron chi connectivity index (χ2n) is 14.0. The molecule has 6 atom stereocenters. The molecule has 3 rings (SSSR count). The molecule has 4 amide bonds. The van der Waals surface area contributed by atoms with Crippen LogP contribution in [0.3, 0.4) is 0 Å². The Kier molecular flexibility index (Phi) is 16.6. The Morgan fingerprint density at radius 2 is 1.06 bits per heavy atom. The molecule has 53 heavy (non-hydrogen) atoms. The first-order chi connectivity index (χ1) is 25.1. The van der Waals surface area contributed by atoms with Crippen molar-refractivity contribution >= 4 is 29.6 Å². The van der Waals surface area contributed by atoms with Gasteiger partial charge in [0.2, 0.25) is 23.6 Å². The van der Waals surface area contributed by atoms with Gasteiger partial charge in [-0.1, -0.05) is 91.0 Å². The molecule has 13 nitrogen and oxygen atoms in total. The van der Waals surface area contributed by atoms with Gasteiger partial charge in [-0.05, 0) is 56.7 Å². The average Bonchev–Trinajstić information content (AvgIpc) is 3.11. The van der Waals surface area contributed by atoms with Crippen LogP contribution >= 0.6 is 0 Å². The van der Waals surface area contributed by atoms with E-state index in [1.807, 2.05) is 18.2 Å². The summed E-state index contributed by atoms with van der Waals surface area (Å²) in [4.78, 5) is 64.1. The van der Waals surface area contributed by atoms with Gasteiger partial charge in [-0.15, -0.1) is 0 Å². The lowest BCUT2D eigenvalue weighted by molar-refractivity contribution is -0.138. The lowest BCUT2D eigenvalue weighted by Crippen LogP contribution is -2.60. The van der Waals surface area contributed by atoms with Crippen molar-refractivity contribution in [3.8, 4) is 0 Å². The SMILES string of the molecule is CC(=O)NC(Cc1ccccc1)C(=O)N[C@@H](CCC(=O)O)C(=O)N[C@@H](Cc1ccccc1)[C@@H](O)[C@H](O)[C@H](Cc1ccccc1)NC(=O)COC(C)(C)C. The van der Waals surface area contributed by atoms with Crippen LogP contribution in [0.15, 0.2) is 91.0 Å². The summed E-state index contributed by atoms with van der Waals surface area (Å²) >= 11 is 0. The number of amides is 4. The fourth-order valence-electron chi connectivity index (χ4n) is 5.65. The van der Waals surface area contributed by atoms with E-state index in [0.717, 1.165) is 11.1 Å². The number of benzene rings is 3. The molecule has 13 heteroatoms. The maximum Gasteiger partial charge on any atom is 0.303 e. The lowest BCUT2D eigenvalue weighted by atomic mass is 9.90. The van der Waals surface area contributed by atoms with Crippen LogP contribution in [0.4, 0.5) is 0 Å². The summed E-state index contributed by atoms with van der Waals surface area (Å²) in [7, 11) is 0. The van der Waals surface area contributed by atoms with Gasteiger partial charge in [-0.25, -0.2) is 0 Å². The normalized spacial score (nSPS) is 14.8. The molecule has 0 heterocycles. The molecular formula is C40H52N4O9. The minimum atomic E-state index is -1.65. The number of hydrogen-bond acceptors (Lipinski definition) is 8. The Morgan fingerprint density at radius 3 is 1.49 bits per heavy atom. The van der Waals surface area contributed by atoms with Crippen LogP contribution in [0.1, 0.15) is 57.2 Å². The highest BCUT2D eigenvalue weighted by Crippen LogP contribution is 2.16. The monoisotopic (exact) mass is 732 g/mol. The van der Waals surface area contributed by atoms with Gasteiger partial charge in [0.15, 0.2) is 0 Å². The van der Waals surface area contributed by atoms with Crippen LogP contribution in [0, 0.1) is 0 Å². The van der Waals surface area contributed by atoms with E-state index in [1.165, 1.54) is 6.92 Å². The van der Waals surface area contributed by atoms with Gasteiger partial charge < -0.3 is 41.3 Å². The van der Waals surface area contributed by atoms with Gasteiger partial charge in [0, 0.05) is 19.8 Å². The minimum Gasteiger partial charge on any atom is -0.481 e. The first-order valence-electron chi connectivity index (χ1n) is 17.6. The zero-order chi connectivity index (χ0) is 39.0. The summed E-state index contributed by atoms with van der Waals surface area (Å²) in [6, 6.07) is 22.2. The summed E-state index contributed by atoms with van der Waals surface area (Å²) in [6.45, 7) is 6.36. The third-order valence-electron chi connectivity index (χ3n) is 8.34. The largest absolute Gasteiger partial charge is 0.481 e. The molecule has 3 aromatic rings. The van der Waals surface area contributed by atoms with Crippen molar-refractivity contribution in [3.63, 3.8) is 0 Å². The predicted molar refractivity (Wildman–Crippen MR) is 198 cm³/mol. The van der Waals surface area contributed by atoms with E-state index in [0.29, 0.717) is 5.56 Å². The standard InChI is InChI=1S/C40H52N4O9/c1-26(45)41-33(24-29-18-12-7-13-19-29)39(52)43-30(20-21-35(47)48)38(51)44-32(23-28-16-10-6-11-17-28)37(50)36(49)31(22-27-14-8-5-9-15-27)42-34(46)25-53-40(2,3)4/h5-19,30-33,36-37,49-50H,20-25H2,1-4H3,(H,41,45)(H,42,46)(H,43,52)(H,44,51)(H,47,48)/t30-,31-,32-,33?,36+,37+/m0/s1. The van der Waals surface area contributed by atoms with E-state index in [-0.39, 0.29) is 32.3 Å². The first-order valence-corrected chi connectivity index (χ1v) is 17.6. The topological polar surface area (TPSA) is 203 Å². The Morgan fingerprint density at radius 1 is 0.623 bits per heavy atom. The number of carboxylic acid groups (broad SMARTS) is 1. The average molecular weight is 733 g/mol. The van der Waals surface area contributed by atoms with Crippen LogP contribution in [-0.2, 0) is 48.0 Å². The molecule has 0 aliphatic carbocycles. The van der Waals surface area contributed by atoms with Gasteiger partial charge in [0.1, 0.15) is 30.9 Å². The predicted octanol–water partition coefficient (Wildman–Crippen LogP) is 2.08. The Hall–Kier alpha value is -5.11. The molecule has 0 aliphatic heterocycles. The highest BCUT2D eigenvalue weighted by molar-refractivity contribution is 5.92. The second-order valence-corrected chi connectivity index (χ2v) is 14.0. The molecule has 0 fully saturated rings. The maximum atomic E-state index is 14.0. The Bertz CT molecular complexity index is 1620. The van der Waals surface area contributed by atoms with Crippen LogP contribution in [0.25, 0.3) is 0 Å². The van der Waals surface area contributed by atoms with E-state index in [1.54, 1.807) is 93.6 Å². The lowest BCUT2D eigenvalue weighted by Gasteiger charge is -2.34. The number of aliphatic carboxylic acids is 1. The fourth-order valence-corrected chi connectivity index (χ4v) is 5.65. The number of carbonyl (C=O) groups is 5. The minimum absolute atomic E-state index is 0.0338. The molecule has 0 spiro atoms. The molecule has 0 aliphatic rings. The number of nitrogens with one attached hydrogen (secondary N) is 4. The van der Waals surface area contributed by atoms with E-state index in [4.69, 9.17) is 4.74 Å². The molecule has 3 aromatic carbocycles. The number of rotatable bonds is 20. The van der Waals surface area contributed by atoms with Crippen molar-refractivity contribution < 1.29 is 44.0 Å². The van der Waals surface area contributed by atoms with Crippen LogP contribution in [0.2, 0.25) is 0 Å². The zero-order valence-corrected chi connectivity index (χ0v) is 30.7. The summed E-state index contributed by atoms with van der Waals surface area (Å²) < 4.78 is 5.62. The summed E-state index contributed by atoms with van der Waals surface area (Å²) in [5, 5.41) is 43.6. The highest BCUT2D eigenvalue weighted by Gasteiger charge is 2.36. The van der Waals surface area contributed by atoms with Crippen molar-refractivity contribution in [2.45, 2.75) is 102 Å². The molecule has 0 saturated carbocycles. The molecule has 7 N–H and O–H groups in total. The van der Waals surface area contributed by atoms with Crippen molar-refractivity contribution in [1.82, 2.24) is 21.3 Å². The maximum absolute atomic E-state index is 14.0. The smallest absolute Gasteiger partial charge is 0.303 e. The molecule has 286 valence electrons. The molecule has 1 unspecified atom stereocenters. The number of carbonyl (C=O) groups excluding carboxylic acids is 4. The van der Waals surface area contributed by atoms with Gasteiger partial charge >= 0.3 is 5.97 Å². The van der Waals surface area contributed by atoms with Gasteiger partial charge in [0.25, 0.3) is 0 Å². The van der Waals surface area contributed by atoms with Gasteiger partial charge in [-0.3, -0.25) is 24.0 Å². The van der Waals surface area contributed by atoms with E-state index in [2.05, 4.69) is 21.3 Å². The van der Waals surface area contributed by atoms with Crippen molar-refractivity contribution in [3.05, 3.63) is 108 Å². The van der Waals surface area contributed by atoms with Crippen LogP contribution < -0.4 is 21.3 Å². The van der Waals surface area contributed by atoms with Crippen molar-refractivity contribution in [2.75, 3.05) is 6.61 Å². The number of hydrogen-bond donors (Lipinski definition) is 7. The first kappa shape index (κ1) is 42.3. The second kappa shape index (κ2) is 20.8. The summed E-state index contributed by atoms with van der Waals surface area (Å²) in [5.41, 5.74) is 1.61. The quantitative estimate of drug-likeness (QED) is 0.0908. The number of aliphatic hydroxyl groups is 2.